The molecule has 1 aromatic heterocycles. The predicted molar refractivity (Wildman–Crippen MR) is 144 cm³/mol. The molecular weight excluding hydrogens is 468 g/mol. The molecule has 1 atom stereocenters. The standard InChI is InChI=1S/C30H38N2O5/c1-28(2,3)36-26(33)30(16-17-31(30)19-21-12-14-23(35-7)15-13-21)18-22-20-32(27(34)37-29(4,5)6)25-11-9-8-10-24(22)25/h8-15,20H,16-19H2,1-7H3. The highest BCUT2D eigenvalue weighted by atomic mass is 16.6. The van der Waals surface area contributed by atoms with Crippen molar-refractivity contribution in [2.24, 2.45) is 0 Å². The van der Waals surface area contributed by atoms with Crippen LogP contribution in [0.5, 0.6) is 5.75 Å². The van der Waals surface area contributed by atoms with E-state index in [0.29, 0.717) is 19.4 Å². The number of ether oxygens (including phenoxy) is 3. The summed E-state index contributed by atoms with van der Waals surface area (Å²) in [5.74, 6) is 0.551. The average Bonchev–Trinajstić information content (AvgIpc) is 3.17. The van der Waals surface area contributed by atoms with Crippen molar-refractivity contribution in [2.45, 2.75) is 77.7 Å². The van der Waals surface area contributed by atoms with Crippen LogP contribution in [-0.2, 0) is 27.2 Å². The Hall–Kier alpha value is -3.32. The van der Waals surface area contributed by atoms with Gasteiger partial charge in [-0.1, -0.05) is 30.3 Å². The smallest absolute Gasteiger partial charge is 0.419 e. The van der Waals surface area contributed by atoms with Crippen molar-refractivity contribution in [3.8, 4) is 5.75 Å². The molecule has 7 nitrogen and oxygen atoms in total. The number of carbonyl (C=O) groups excluding carboxylic acids is 2. The minimum atomic E-state index is -0.837. The van der Waals surface area contributed by atoms with Gasteiger partial charge in [-0.25, -0.2) is 4.79 Å². The van der Waals surface area contributed by atoms with Crippen molar-refractivity contribution < 1.29 is 23.8 Å². The van der Waals surface area contributed by atoms with Crippen LogP contribution in [0.4, 0.5) is 4.79 Å². The summed E-state index contributed by atoms with van der Waals surface area (Å²) in [7, 11) is 1.64. The molecule has 37 heavy (non-hydrogen) atoms. The maximum absolute atomic E-state index is 13.8. The van der Waals surface area contributed by atoms with E-state index in [-0.39, 0.29) is 5.97 Å². The molecule has 4 rings (SSSR count). The van der Waals surface area contributed by atoms with Crippen LogP contribution in [0.25, 0.3) is 10.9 Å². The van der Waals surface area contributed by atoms with Crippen LogP contribution in [0, 0.1) is 0 Å². The quantitative estimate of drug-likeness (QED) is 0.384. The number of para-hydroxylation sites is 1. The number of aromatic nitrogens is 1. The van der Waals surface area contributed by atoms with E-state index >= 15 is 0 Å². The van der Waals surface area contributed by atoms with Gasteiger partial charge in [-0.3, -0.25) is 14.3 Å². The minimum Gasteiger partial charge on any atom is -0.497 e. The Labute approximate surface area is 219 Å². The molecule has 1 saturated heterocycles. The number of benzene rings is 2. The molecule has 3 aromatic rings. The molecule has 0 N–H and O–H groups in total. The Morgan fingerprint density at radius 1 is 0.919 bits per heavy atom. The Balaban J connectivity index is 1.71. The zero-order valence-electron chi connectivity index (χ0n) is 23.0. The lowest BCUT2D eigenvalue weighted by atomic mass is 9.78. The number of esters is 1. The van der Waals surface area contributed by atoms with Gasteiger partial charge in [-0.05, 0) is 77.3 Å². The summed E-state index contributed by atoms with van der Waals surface area (Å²) in [4.78, 5) is 29.0. The van der Waals surface area contributed by atoms with E-state index in [9.17, 15) is 9.59 Å². The highest BCUT2D eigenvalue weighted by molar-refractivity contribution is 5.93. The normalized spacial score (nSPS) is 18.4. The van der Waals surface area contributed by atoms with Crippen molar-refractivity contribution in [3.63, 3.8) is 0 Å². The summed E-state index contributed by atoms with van der Waals surface area (Å²) >= 11 is 0. The van der Waals surface area contributed by atoms with Gasteiger partial charge in [-0.15, -0.1) is 0 Å². The monoisotopic (exact) mass is 506 g/mol. The van der Waals surface area contributed by atoms with Crippen LogP contribution in [0.3, 0.4) is 0 Å². The molecule has 2 aromatic carbocycles. The number of nitrogens with zero attached hydrogens (tertiary/aromatic N) is 2. The lowest BCUT2D eigenvalue weighted by Gasteiger charge is -2.51. The third-order valence-corrected chi connectivity index (χ3v) is 6.58. The van der Waals surface area contributed by atoms with Crippen molar-refractivity contribution in [1.29, 1.82) is 0 Å². The van der Waals surface area contributed by atoms with Crippen LogP contribution < -0.4 is 4.74 Å². The van der Waals surface area contributed by atoms with E-state index in [1.165, 1.54) is 0 Å². The number of rotatable bonds is 6. The van der Waals surface area contributed by atoms with Crippen LogP contribution >= 0.6 is 0 Å². The molecule has 0 amide bonds. The van der Waals surface area contributed by atoms with Gasteiger partial charge in [-0.2, -0.15) is 0 Å². The fraction of sp³-hybridized carbons (Fsp3) is 0.467. The molecule has 2 heterocycles. The van der Waals surface area contributed by atoms with Crippen LogP contribution in [0.1, 0.15) is 59.1 Å². The Morgan fingerprint density at radius 3 is 2.14 bits per heavy atom. The molecule has 0 saturated carbocycles. The fourth-order valence-corrected chi connectivity index (χ4v) is 4.77. The molecule has 1 unspecified atom stereocenters. The number of carbonyl (C=O) groups is 2. The molecule has 1 fully saturated rings. The number of likely N-dealkylation sites (tertiary alicyclic amines) is 1. The van der Waals surface area contributed by atoms with Gasteiger partial charge in [0, 0.05) is 31.1 Å². The van der Waals surface area contributed by atoms with E-state index in [1.54, 1.807) is 11.7 Å². The summed E-state index contributed by atoms with van der Waals surface area (Å²) in [5.41, 5.74) is 0.679. The third-order valence-electron chi connectivity index (χ3n) is 6.58. The van der Waals surface area contributed by atoms with E-state index in [1.807, 2.05) is 96.3 Å². The Morgan fingerprint density at radius 2 is 1.57 bits per heavy atom. The van der Waals surface area contributed by atoms with Gasteiger partial charge in [0.15, 0.2) is 0 Å². The van der Waals surface area contributed by atoms with Crippen molar-refractivity contribution in [1.82, 2.24) is 9.47 Å². The van der Waals surface area contributed by atoms with Gasteiger partial charge in [0.05, 0.1) is 12.6 Å². The molecule has 7 heteroatoms. The first-order valence-electron chi connectivity index (χ1n) is 12.8. The van der Waals surface area contributed by atoms with Gasteiger partial charge < -0.3 is 14.2 Å². The minimum absolute atomic E-state index is 0.242. The molecule has 1 aliphatic heterocycles. The predicted octanol–water partition coefficient (Wildman–Crippen LogP) is 5.96. The zero-order chi connectivity index (χ0) is 27.0. The Kier molecular flexibility index (Phi) is 7.12. The first kappa shape index (κ1) is 26.7. The maximum atomic E-state index is 13.8. The summed E-state index contributed by atoms with van der Waals surface area (Å²) < 4.78 is 18.5. The number of hydrogen-bond donors (Lipinski definition) is 0. The largest absolute Gasteiger partial charge is 0.497 e. The second-order valence-corrected chi connectivity index (χ2v) is 11.8. The lowest BCUT2D eigenvalue weighted by molar-refractivity contribution is -0.181. The molecule has 0 bridgehead atoms. The third kappa shape index (κ3) is 5.82. The molecular formula is C30H38N2O5. The second-order valence-electron chi connectivity index (χ2n) is 11.8. The summed E-state index contributed by atoms with van der Waals surface area (Å²) in [6.07, 6.45) is 2.47. The van der Waals surface area contributed by atoms with E-state index in [2.05, 4.69) is 4.90 Å². The lowest BCUT2D eigenvalue weighted by Crippen LogP contribution is -2.66. The van der Waals surface area contributed by atoms with Crippen molar-refractivity contribution >= 4 is 23.0 Å². The van der Waals surface area contributed by atoms with Gasteiger partial charge in [0.1, 0.15) is 22.5 Å². The van der Waals surface area contributed by atoms with E-state index in [4.69, 9.17) is 14.2 Å². The van der Waals surface area contributed by atoms with E-state index in [0.717, 1.165) is 34.3 Å². The van der Waals surface area contributed by atoms with Crippen molar-refractivity contribution in [3.05, 3.63) is 65.9 Å². The summed E-state index contributed by atoms with van der Waals surface area (Å²) in [6.45, 7) is 12.6. The second kappa shape index (κ2) is 9.86. The maximum Gasteiger partial charge on any atom is 0.419 e. The highest BCUT2D eigenvalue weighted by Crippen LogP contribution is 2.40. The SMILES string of the molecule is COc1ccc(CN2CCC2(Cc2cn(C(=O)OC(C)(C)C)c3ccccc23)C(=O)OC(C)(C)C)cc1. The highest BCUT2D eigenvalue weighted by Gasteiger charge is 2.53. The van der Waals surface area contributed by atoms with E-state index < -0.39 is 22.8 Å². The molecule has 1 aliphatic rings. The molecule has 0 aliphatic carbocycles. The van der Waals surface area contributed by atoms with Crippen LogP contribution in [0.15, 0.2) is 54.7 Å². The summed E-state index contributed by atoms with van der Waals surface area (Å²) in [5, 5.41) is 0.924. The number of fused-ring (bicyclic) bond motifs is 1. The Bertz CT molecular complexity index is 1280. The van der Waals surface area contributed by atoms with Gasteiger partial charge in [0.2, 0.25) is 0 Å². The first-order valence-corrected chi connectivity index (χ1v) is 12.8. The number of hydrogen-bond acceptors (Lipinski definition) is 6. The first-order chi connectivity index (χ1) is 17.3. The van der Waals surface area contributed by atoms with Crippen LogP contribution in [0.2, 0.25) is 0 Å². The summed E-state index contributed by atoms with van der Waals surface area (Å²) in [6, 6.07) is 15.6. The molecule has 0 radical (unpaired) electrons. The number of methoxy groups -OCH3 is 1. The van der Waals surface area contributed by atoms with Gasteiger partial charge >= 0.3 is 12.1 Å². The zero-order valence-corrected chi connectivity index (χ0v) is 23.0. The van der Waals surface area contributed by atoms with Crippen molar-refractivity contribution in [2.75, 3.05) is 13.7 Å². The fourth-order valence-electron chi connectivity index (χ4n) is 4.77. The molecule has 0 spiro atoms. The topological polar surface area (TPSA) is 70.0 Å². The average molecular weight is 507 g/mol. The molecule has 198 valence electrons. The van der Waals surface area contributed by atoms with Crippen LogP contribution in [-0.4, -0.2) is 51.9 Å². The van der Waals surface area contributed by atoms with Gasteiger partial charge in [0.25, 0.3) is 0 Å².